The van der Waals surface area contributed by atoms with Crippen LogP contribution >= 0.6 is 0 Å². The van der Waals surface area contributed by atoms with Crippen LogP contribution in [0.25, 0.3) is 12.2 Å². The molecule has 0 aromatic heterocycles. The van der Waals surface area contributed by atoms with E-state index >= 15 is 0 Å². The number of carbonyl (C=O) groups excluding carboxylic acids is 1. The van der Waals surface area contributed by atoms with Gasteiger partial charge in [-0.05, 0) is 47.0 Å². The van der Waals surface area contributed by atoms with Gasteiger partial charge in [0.05, 0.1) is 0 Å². The molecule has 134 valence electrons. The molecule has 2 atom stereocenters. The first-order chi connectivity index (χ1) is 12.4. The van der Waals surface area contributed by atoms with E-state index in [0.29, 0.717) is 5.92 Å². The molecule has 1 nitrogen and oxygen atoms in total. The summed E-state index contributed by atoms with van der Waals surface area (Å²) < 4.78 is 0. The number of hydrogen-bond donors (Lipinski definition) is 0. The molecule has 1 aliphatic rings. The van der Waals surface area contributed by atoms with Gasteiger partial charge in [-0.1, -0.05) is 88.4 Å². The van der Waals surface area contributed by atoms with Gasteiger partial charge in [-0.3, -0.25) is 4.79 Å². The van der Waals surface area contributed by atoms with E-state index in [9.17, 15) is 4.79 Å². The van der Waals surface area contributed by atoms with Crippen molar-refractivity contribution < 1.29 is 4.79 Å². The average Bonchev–Trinajstić information content (AvgIpc) is 2.62. The zero-order valence-electron chi connectivity index (χ0n) is 16.2. The van der Waals surface area contributed by atoms with Crippen molar-refractivity contribution in [2.45, 2.75) is 34.1 Å². The molecule has 0 bridgehead atoms. The molecule has 2 aromatic carbocycles. The maximum absolute atomic E-state index is 13.3. The molecular weight excluding hydrogens is 316 g/mol. The highest BCUT2D eigenvalue weighted by Crippen LogP contribution is 2.45. The van der Waals surface area contributed by atoms with Gasteiger partial charge in [-0.2, -0.15) is 0 Å². The van der Waals surface area contributed by atoms with Crippen molar-refractivity contribution in [3.05, 3.63) is 82.9 Å². The largest absolute Gasteiger partial charge is 0.289 e. The van der Waals surface area contributed by atoms with Crippen molar-refractivity contribution in [2.75, 3.05) is 0 Å². The van der Waals surface area contributed by atoms with Crippen molar-refractivity contribution in [2.24, 2.45) is 17.3 Å². The molecule has 1 aliphatic carbocycles. The maximum Gasteiger partial charge on any atom is 0.185 e. The Labute approximate surface area is 157 Å². The SMILES string of the molecule is CC1/C(=C\c2ccccc2)C(=O)/C(=C/c2ccccc2)CC1C(C)(C)C. The summed E-state index contributed by atoms with van der Waals surface area (Å²) in [7, 11) is 0. The molecule has 0 amide bonds. The zero-order valence-corrected chi connectivity index (χ0v) is 16.2. The minimum absolute atomic E-state index is 0.145. The van der Waals surface area contributed by atoms with Crippen molar-refractivity contribution in [1.82, 2.24) is 0 Å². The molecule has 1 saturated carbocycles. The molecule has 26 heavy (non-hydrogen) atoms. The smallest absolute Gasteiger partial charge is 0.185 e. The van der Waals surface area contributed by atoms with E-state index in [-0.39, 0.29) is 17.1 Å². The highest BCUT2D eigenvalue weighted by molar-refractivity contribution is 6.14. The van der Waals surface area contributed by atoms with E-state index in [1.807, 2.05) is 36.4 Å². The summed E-state index contributed by atoms with van der Waals surface area (Å²) >= 11 is 0. The Kier molecular flexibility index (Phi) is 5.27. The molecule has 0 saturated heterocycles. The lowest BCUT2D eigenvalue weighted by Gasteiger charge is -2.40. The Bertz CT molecular complexity index is 819. The second kappa shape index (κ2) is 7.45. The van der Waals surface area contributed by atoms with Gasteiger partial charge in [0.15, 0.2) is 5.78 Å². The summed E-state index contributed by atoms with van der Waals surface area (Å²) in [5.41, 5.74) is 4.19. The van der Waals surface area contributed by atoms with Crippen molar-refractivity contribution in [3.8, 4) is 0 Å². The van der Waals surface area contributed by atoms with Crippen LogP contribution in [0.3, 0.4) is 0 Å². The Hall–Kier alpha value is -2.41. The molecule has 1 heteroatoms. The average molecular weight is 344 g/mol. The zero-order chi connectivity index (χ0) is 18.7. The van der Waals surface area contributed by atoms with Crippen LogP contribution < -0.4 is 0 Å². The normalized spacial score (nSPS) is 24.2. The number of allylic oxidation sites excluding steroid dienone is 2. The van der Waals surface area contributed by atoms with E-state index in [1.165, 1.54) is 0 Å². The van der Waals surface area contributed by atoms with E-state index in [4.69, 9.17) is 0 Å². The van der Waals surface area contributed by atoms with Crippen LogP contribution in [0.2, 0.25) is 0 Å². The van der Waals surface area contributed by atoms with Crippen molar-refractivity contribution in [3.63, 3.8) is 0 Å². The summed E-state index contributed by atoms with van der Waals surface area (Å²) in [6.45, 7) is 9.06. The molecule has 0 heterocycles. The fourth-order valence-corrected chi connectivity index (χ4v) is 3.97. The van der Waals surface area contributed by atoms with E-state index in [1.54, 1.807) is 0 Å². The third kappa shape index (κ3) is 4.04. The summed E-state index contributed by atoms with van der Waals surface area (Å²) in [6, 6.07) is 20.3. The first-order valence-corrected chi connectivity index (χ1v) is 9.43. The first-order valence-electron chi connectivity index (χ1n) is 9.43. The van der Waals surface area contributed by atoms with Gasteiger partial charge in [0.25, 0.3) is 0 Å². The van der Waals surface area contributed by atoms with Crippen LogP contribution in [0.1, 0.15) is 45.2 Å². The third-order valence-electron chi connectivity index (χ3n) is 5.46. The number of rotatable bonds is 2. The number of hydrogen-bond acceptors (Lipinski definition) is 1. The fourth-order valence-electron chi connectivity index (χ4n) is 3.97. The lowest BCUT2D eigenvalue weighted by Crippen LogP contribution is -2.35. The lowest BCUT2D eigenvalue weighted by atomic mass is 9.63. The quantitative estimate of drug-likeness (QED) is 0.574. The fraction of sp³-hybridized carbons (Fsp3) is 0.320. The Morgan fingerprint density at radius 2 is 1.35 bits per heavy atom. The number of carbonyl (C=O) groups is 1. The van der Waals surface area contributed by atoms with Gasteiger partial charge in [-0.25, -0.2) is 0 Å². The summed E-state index contributed by atoms with van der Waals surface area (Å²) in [5, 5.41) is 0. The van der Waals surface area contributed by atoms with Crippen LogP contribution in [-0.4, -0.2) is 5.78 Å². The van der Waals surface area contributed by atoms with Crippen molar-refractivity contribution >= 4 is 17.9 Å². The monoisotopic (exact) mass is 344 g/mol. The van der Waals surface area contributed by atoms with Crippen LogP contribution in [0, 0.1) is 17.3 Å². The predicted octanol–water partition coefficient (Wildman–Crippen LogP) is 6.42. The van der Waals surface area contributed by atoms with Gasteiger partial charge < -0.3 is 0 Å². The number of benzene rings is 2. The van der Waals surface area contributed by atoms with Gasteiger partial charge in [-0.15, -0.1) is 0 Å². The third-order valence-corrected chi connectivity index (χ3v) is 5.46. The summed E-state index contributed by atoms with van der Waals surface area (Å²) in [6.07, 6.45) is 5.00. The summed E-state index contributed by atoms with van der Waals surface area (Å²) in [5.74, 6) is 0.881. The van der Waals surface area contributed by atoms with Gasteiger partial charge >= 0.3 is 0 Å². The van der Waals surface area contributed by atoms with Gasteiger partial charge in [0.1, 0.15) is 0 Å². The number of Topliss-reactive ketones (excluding diaryl/α,β-unsaturated/α-hetero) is 1. The minimum Gasteiger partial charge on any atom is -0.289 e. The van der Waals surface area contributed by atoms with Crippen LogP contribution in [0.4, 0.5) is 0 Å². The molecule has 0 aliphatic heterocycles. The number of ketones is 1. The van der Waals surface area contributed by atoms with E-state index < -0.39 is 0 Å². The molecular formula is C25H28O. The molecule has 0 radical (unpaired) electrons. The van der Waals surface area contributed by atoms with Crippen LogP contribution in [0.15, 0.2) is 71.8 Å². The highest BCUT2D eigenvalue weighted by Gasteiger charge is 2.39. The van der Waals surface area contributed by atoms with Crippen LogP contribution in [-0.2, 0) is 4.79 Å². The Morgan fingerprint density at radius 1 is 0.846 bits per heavy atom. The predicted molar refractivity (Wildman–Crippen MR) is 111 cm³/mol. The molecule has 2 unspecified atom stereocenters. The first kappa shape index (κ1) is 18.4. The molecule has 1 fully saturated rings. The van der Waals surface area contributed by atoms with E-state index in [2.05, 4.69) is 64.1 Å². The minimum atomic E-state index is 0.145. The Balaban J connectivity index is 2.06. The molecule has 0 spiro atoms. The van der Waals surface area contributed by atoms with Crippen molar-refractivity contribution in [1.29, 1.82) is 0 Å². The topological polar surface area (TPSA) is 17.1 Å². The molecule has 0 N–H and O–H groups in total. The standard InChI is InChI=1S/C25H28O/c1-18-22(16-20-13-9-6-10-14-20)24(26)21(17-23(18)25(2,3)4)15-19-11-7-5-8-12-19/h5-16,18,23H,17H2,1-4H3/b21-15+,22-16+. The van der Waals surface area contributed by atoms with E-state index in [0.717, 1.165) is 28.7 Å². The molecule has 2 aromatic rings. The van der Waals surface area contributed by atoms with Crippen LogP contribution in [0.5, 0.6) is 0 Å². The van der Waals surface area contributed by atoms with Gasteiger partial charge in [0, 0.05) is 11.1 Å². The Morgan fingerprint density at radius 3 is 1.85 bits per heavy atom. The molecule has 3 rings (SSSR count). The second-order valence-electron chi connectivity index (χ2n) is 8.39. The van der Waals surface area contributed by atoms with Gasteiger partial charge in [0.2, 0.25) is 0 Å². The summed E-state index contributed by atoms with van der Waals surface area (Å²) in [4.78, 5) is 13.3. The lowest BCUT2D eigenvalue weighted by molar-refractivity contribution is -0.114. The highest BCUT2D eigenvalue weighted by atomic mass is 16.1. The second-order valence-corrected chi connectivity index (χ2v) is 8.39. The maximum atomic E-state index is 13.3.